The van der Waals surface area contributed by atoms with Gasteiger partial charge in [-0.2, -0.15) is 0 Å². The lowest BCUT2D eigenvalue weighted by molar-refractivity contribution is -0.134. The van der Waals surface area contributed by atoms with E-state index in [9.17, 15) is 4.79 Å². The first kappa shape index (κ1) is 10.3. The summed E-state index contributed by atoms with van der Waals surface area (Å²) in [7, 11) is 1.42. The van der Waals surface area contributed by atoms with E-state index < -0.39 is 0 Å². The van der Waals surface area contributed by atoms with Crippen LogP contribution in [0.1, 0.15) is 39.5 Å². The Hall–Kier alpha value is -0.790. The van der Waals surface area contributed by atoms with E-state index >= 15 is 0 Å². The fraction of sp³-hybridized carbons (Fsp3) is 0.727. The zero-order valence-electron chi connectivity index (χ0n) is 8.72. The minimum absolute atomic E-state index is 0.215. The van der Waals surface area contributed by atoms with Gasteiger partial charge < -0.3 is 4.74 Å². The van der Waals surface area contributed by atoms with E-state index in [2.05, 4.69) is 18.6 Å². The summed E-state index contributed by atoms with van der Waals surface area (Å²) in [5.74, 6) is -0.215. The summed E-state index contributed by atoms with van der Waals surface area (Å²) in [4.78, 5) is 11.0. The first-order chi connectivity index (χ1) is 6.03. The fourth-order valence-electron chi connectivity index (χ4n) is 1.93. The number of rotatable bonds is 1. The Morgan fingerprint density at radius 3 is 2.77 bits per heavy atom. The van der Waals surface area contributed by atoms with Crippen LogP contribution in [0.5, 0.6) is 0 Å². The number of ether oxygens (including phenoxy) is 1. The summed E-state index contributed by atoms with van der Waals surface area (Å²) in [5.41, 5.74) is 1.60. The molecular formula is C11H18O2. The summed E-state index contributed by atoms with van der Waals surface area (Å²) in [5, 5.41) is 0. The van der Waals surface area contributed by atoms with Crippen LogP contribution in [0, 0.1) is 5.41 Å². The number of methoxy groups -OCH3 is 1. The molecule has 0 saturated heterocycles. The van der Waals surface area contributed by atoms with Gasteiger partial charge in [0.1, 0.15) is 0 Å². The van der Waals surface area contributed by atoms with Crippen LogP contribution in [-0.4, -0.2) is 13.1 Å². The molecule has 0 aromatic carbocycles. The molecule has 1 saturated carbocycles. The maximum absolute atomic E-state index is 11.0. The SMILES string of the molecule is COC(=O)/C=C1\CCCC(C)(C)C1. The van der Waals surface area contributed by atoms with E-state index in [1.807, 2.05) is 0 Å². The molecule has 0 unspecified atom stereocenters. The number of hydrogen-bond donors (Lipinski definition) is 0. The van der Waals surface area contributed by atoms with E-state index in [0.29, 0.717) is 5.41 Å². The number of hydrogen-bond acceptors (Lipinski definition) is 2. The highest BCUT2D eigenvalue weighted by atomic mass is 16.5. The van der Waals surface area contributed by atoms with Gasteiger partial charge in [0.2, 0.25) is 0 Å². The molecule has 0 amide bonds. The Morgan fingerprint density at radius 2 is 2.23 bits per heavy atom. The van der Waals surface area contributed by atoms with Crippen molar-refractivity contribution in [1.29, 1.82) is 0 Å². The van der Waals surface area contributed by atoms with Gasteiger partial charge in [0.05, 0.1) is 7.11 Å². The molecule has 2 heteroatoms. The third-order valence-corrected chi connectivity index (χ3v) is 2.58. The number of carbonyl (C=O) groups is 1. The summed E-state index contributed by atoms with van der Waals surface area (Å²) >= 11 is 0. The molecule has 74 valence electrons. The molecule has 0 atom stereocenters. The fourth-order valence-corrected chi connectivity index (χ4v) is 1.93. The molecule has 1 aliphatic rings. The molecule has 0 N–H and O–H groups in total. The van der Waals surface area contributed by atoms with E-state index in [1.165, 1.54) is 25.5 Å². The van der Waals surface area contributed by atoms with Crippen LogP contribution in [-0.2, 0) is 9.53 Å². The highest BCUT2D eigenvalue weighted by molar-refractivity contribution is 5.82. The summed E-state index contributed by atoms with van der Waals surface area (Å²) < 4.78 is 4.61. The van der Waals surface area contributed by atoms with Gasteiger partial charge in [-0.25, -0.2) is 4.79 Å². The summed E-state index contributed by atoms with van der Waals surface area (Å²) in [6.07, 6.45) is 6.18. The summed E-state index contributed by atoms with van der Waals surface area (Å²) in [6, 6.07) is 0. The topological polar surface area (TPSA) is 26.3 Å². The van der Waals surface area contributed by atoms with Gasteiger partial charge in [0.15, 0.2) is 0 Å². The Labute approximate surface area is 80.0 Å². The smallest absolute Gasteiger partial charge is 0.330 e. The van der Waals surface area contributed by atoms with Crippen molar-refractivity contribution in [1.82, 2.24) is 0 Å². The zero-order chi connectivity index (χ0) is 9.90. The first-order valence-corrected chi connectivity index (χ1v) is 4.81. The second kappa shape index (κ2) is 3.95. The molecular weight excluding hydrogens is 164 g/mol. The molecule has 0 radical (unpaired) electrons. The van der Waals surface area contributed by atoms with E-state index in [-0.39, 0.29) is 5.97 Å². The highest BCUT2D eigenvalue weighted by Crippen LogP contribution is 2.37. The number of esters is 1. The second-order valence-corrected chi connectivity index (χ2v) is 4.52. The van der Waals surface area contributed by atoms with Crippen molar-refractivity contribution in [2.24, 2.45) is 5.41 Å². The molecule has 0 spiro atoms. The molecule has 1 fully saturated rings. The number of carbonyl (C=O) groups excluding carboxylic acids is 1. The van der Waals surface area contributed by atoms with Crippen molar-refractivity contribution >= 4 is 5.97 Å². The van der Waals surface area contributed by atoms with E-state index in [1.54, 1.807) is 6.08 Å². The third kappa shape index (κ3) is 3.21. The Balaban J connectivity index is 2.61. The van der Waals surface area contributed by atoms with Crippen LogP contribution in [0.2, 0.25) is 0 Å². The van der Waals surface area contributed by atoms with Crippen molar-refractivity contribution in [2.75, 3.05) is 7.11 Å². The highest BCUT2D eigenvalue weighted by Gasteiger charge is 2.24. The minimum atomic E-state index is -0.215. The zero-order valence-corrected chi connectivity index (χ0v) is 8.72. The number of allylic oxidation sites excluding steroid dienone is 1. The van der Waals surface area contributed by atoms with Crippen LogP contribution in [0.4, 0.5) is 0 Å². The monoisotopic (exact) mass is 182 g/mol. The Kier molecular flexibility index (Phi) is 3.12. The van der Waals surface area contributed by atoms with Crippen LogP contribution in [0.15, 0.2) is 11.6 Å². The standard InChI is InChI=1S/C11H18O2/c1-11(2)6-4-5-9(8-11)7-10(12)13-3/h7H,4-6,8H2,1-3H3/b9-7+. The Morgan fingerprint density at radius 1 is 1.54 bits per heavy atom. The van der Waals surface area contributed by atoms with Crippen LogP contribution < -0.4 is 0 Å². The van der Waals surface area contributed by atoms with Gasteiger partial charge in [-0.1, -0.05) is 19.4 Å². The lowest BCUT2D eigenvalue weighted by atomic mass is 9.75. The van der Waals surface area contributed by atoms with Crippen molar-refractivity contribution in [3.63, 3.8) is 0 Å². The van der Waals surface area contributed by atoms with Gasteiger partial charge >= 0.3 is 5.97 Å². The van der Waals surface area contributed by atoms with Crippen molar-refractivity contribution in [3.8, 4) is 0 Å². The van der Waals surface area contributed by atoms with Crippen LogP contribution >= 0.6 is 0 Å². The molecule has 0 bridgehead atoms. The predicted octanol–water partition coefficient (Wildman–Crippen LogP) is 2.69. The van der Waals surface area contributed by atoms with Crippen molar-refractivity contribution < 1.29 is 9.53 Å². The predicted molar refractivity (Wildman–Crippen MR) is 52.3 cm³/mol. The molecule has 0 aliphatic heterocycles. The van der Waals surface area contributed by atoms with Gasteiger partial charge in [-0.05, 0) is 31.1 Å². The van der Waals surface area contributed by atoms with E-state index in [4.69, 9.17) is 0 Å². The molecule has 0 heterocycles. The maximum atomic E-state index is 11.0. The molecule has 0 aromatic heterocycles. The average molecular weight is 182 g/mol. The van der Waals surface area contributed by atoms with Gasteiger partial charge in [-0.15, -0.1) is 0 Å². The molecule has 2 nitrogen and oxygen atoms in total. The van der Waals surface area contributed by atoms with E-state index in [0.717, 1.165) is 12.8 Å². The van der Waals surface area contributed by atoms with Gasteiger partial charge in [-0.3, -0.25) is 0 Å². The van der Waals surface area contributed by atoms with Crippen molar-refractivity contribution in [3.05, 3.63) is 11.6 Å². The lowest BCUT2D eigenvalue weighted by Crippen LogP contribution is -2.17. The quantitative estimate of drug-likeness (QED) is 0.460. The Bertz CT molecular complexity index is 226. The van der Waals surface area contributed by atoms with Gasteiger partial charge in [0.25, 0.3) is 0 Å². The normalized spacial score (nSPS) is 24.4. The van der Waals surface area contributed by atoms with Gasteiger partial charge in [0, 0.05) is 6.08 Å². The minimum Gasteiger partial charge on any atom is -0.466 e. The third-order valence-electron chi connectivity index (χ3n) is 2.58. The summed E-state index contributed by atoms with van der Waals surface area (Å²) in [6.45, 7) is 4.49. The van der Waals surface area contributed by atoms with Crippen LogP contribution in [0.25, 0.3) is 0 Å². The lowest BCUT2D eigenvalue weighted by Gasteiger charge is -2.30. The van der Waals surface area contributed by atoms with Crippen molar-refractivity contribution in [2.45, 2.75) is 39.5 Å². The maximum Gasteiger partial charge on any atom is 0.330 e. The molecule has 1 aliphatic carbocycles. The molecule has 13 heavy (non-hydrogen) atoms. The molecule has 1 rings (SSSR count). The van der Waals surface area contributed by atoms with Crippen LogP contribution in [0.3, 0.4) is 0 Å². The second-order valence-electron chi connectivity index (χ2n) is 4.52. The average Bonchev–Trinajstić information content (AvgIpc) is 2.02. The molecule has 0 aromatic rings. The largest absolute Gasteiger partial charge is 0.466 e. The first-order valence-electron chi connectivity index (χ1n) is 4.81.